The van der Waals surface area contributed by atoms with Crippen LogP contribution in [0.15, 0.2) is 54.9 Å². The predicted octanol–water partition coefficient (Wildman–Crippen LogP) is 3.51. The van der Waals surface area contributed by atoms with E-state index >= 15 is 0 Å². The molecule has 1 aromatic carbocycles. The van der Waals surface area contributed by atoms with Crippen molar-refractivity contribution in [2.45, 2.75) is 12.2 Å². The average molecular weight is 272 g/mol. The largest absolute Gasteiger partial charge is 0.325 e. The Labute approximate surface area is 117 Å². The molecule has 2 rings (SSSR count). The van der Waals surface area contributed by atoms with Crippen molar-refractivity contribution in [2.24, 2.45) is 0 Å². The third-order valence-corrected chi connectivity index (χ3v) is 3.88. The Bertz CT molecular complexity index is 516. The maximum Gasteiger partial charge on any atom is 0.234 e. The van der Waals surface area contributed by atoms with Crippen LogP contribution in [-0.4, -0.2) is 16.6 Å². The molecule has 3 nitrogen and oxygen atoms in total. The van der Waals surface area contributed by atoms with Crippen LogP contribution in [0, 0.1) is 0 Å². The molecule has 1 amide bonds. The lowest BCUT2D eigenvalue weighted by molar-refractivity contribution is -0.113. The van der Waals surface area contributed by atoms with Crippen LogP contribution in [0.25, 0.3) is 0 Å². The number of nitrogens with zero attached hydrogens (tertiary/aromatic N) is 1. The Morgan fingerprint density at radius 1 is 1.26 bits per heavy atom. The normalized spacial score (nSPS) is 11.8. The highest BCUT2D eigenvalue weighted by Gasteiger charge is 2.09. The van der Waals surface area contributed by atoms with E-state index in [4.69, 9.17) is 0 Å². The minimum absolute atomic E-state index is 0.0203. The highest BCUT2D eigenvalue weighted by molar-refractivity contribution is 8.00. The second-order valence-electron chi connectivity index (χ2n) is 4.15. The van der Waals surface area contributed by atoms with Gasteiger partial charge in [-0.15, -0.1) is 11.8 Å². The first kappa shape index (κ1) is 13.6. The van der Waals surface area contributed by atoms with Crippen molar-refractivity contribution in [3.05, 3.63) is 60.4 Å². The van der Waals surface area contributed by atoms with Gasteiger partial charge in [0.15, 0.2) is 0 Å². The molecule has 0 radical (unpaired) electrons. The summed E-state index contributed by atoms with van der Waals surface area (Å²) in [5.74, 6) is 0.456. The lowest BCUT2D eigenvalue weighted by Crippen LogP contribution is -2.14. The van der Waals surface area contributed by atoms with Crippen molar-refractivity contribution in [3.63, 3.8) is 0 Å². The van der Waals surface area contributed by atoms with E-state index in [1.165, 1.54) is 0 Å². The molecule has 0 saturated heterocycles. The average Bonchev–Trinajstić information content (AvgIpc) is 2.47. The summed E-state index contributed by atoms with van der Waals surface area (Å²) in [4.78, 5) is 15.9. The van der Waals surface area contributed by atoms with E-state index in [2.05, 4.69) is 17.2 Å². The summed E-state index contributed by atoms with van der Waals surface area (Å²) >= 11 is 1.60. The second kappa shape index (κ2) is 6.95. The van der Waals surface area contributed by atoms with Gasteiger partial charge in [0.1, 0.15) is 0 Å². The van der Waals surface area contributed by atoms with Crippen molar-refractivity contribution in [1.82, 2.24) is 4.98 Å². The molecular weight excluding hydrogens is 256 g/mol. The van der Waals surface area contributed by atoms with Gasteiger partial charge in [0.05, 0.1) is 5.75 Å². The van der Waals surface area contributed by atoms with Crippen LogP contribution in [0.3, 0.4) is 0 Å². The molecular formula is C15H16N2OS. The molecule has 1 heterocycles. The van der Waals surface area contributed by atoms with Crippen molar-refractivity contribution < 1.29 is 4.79 Å². The van der Waals surface area contributed by atoms with Gasteiger partial charge in [-0.3, -0.25) is 9.78 Å². The van der Waals surface area contributed by atoms with Crippen LogP contribution in [0.5, 0.6) is 0 Å². The van der Waals surface area contributed by atoms with Crippen LogP contribution in [0.2, 0.25) is 0 Å². The van der Waals surface area contributed by atoms with Crippen LogP contribution in [0.1, 0.15) is 17.7 Å². The number of pyridine rings is 1. The first-order chi connectivity index (χ1) is 9.25. The molecule has 0 bridgehead atoms. The highest BCUT2D eigenvalue weighted by Crippen LogP contribution is 2.27. The summed E-state index contributed by atoms with van der Waals surface area (Å²) in [6.45, 7) is 2.08. The van der Waals surface area contributed by atoms with E-state index in [1.807, 2.05) is 48.7 Å². The number of para-hydroxylation sites is 1. The van der Waals surface area contributed by atoms with Crippen molar-refractivity contribution in [1.29, 1.82) is 0 Å². The van der Waals surface area contributed by atoms with Crippen LogP contribution in [-0.2, 0) is 4.79 Å². The van der Waals surface area contributed by atoms with E-state index in [-0.39, 0.29) is 11.2 Å². The van der Waals surface area contributed by atoms with Gasteiger partial charge in [-0.2, -0.15) is 0 Å². The molecule has 4 heteroatoms. The fraction of sp³-hybridized carbons (Fsp3) is 0.200. The van der Waals surface area contributed by atoms with Crippen molar-refractivity contribution >= 4 is 23.4 Å². The molecule has 0 spiro atoms. The van der Waals surface area contributed by atoms with Crippen LogP contribution in [0.4, 0.5) is 5.69 Å². The molecule has 0 saturated carbocycles. The number of hydrogen-bond acceptors (Lipinski definition) is 3. The summed E-state index contributed by atoms with van der Waals surface area (Å²) in [6, 6.07) is 13.4. The first-order valence-corrected chi connectivity index (χ1v) is 7.17. The van der Waals surface area contributed by atoms with Crippen LogP contribution < -0.4 is 5.32 Å². The lowest BCUT2D eigenvalue weighted by atomic mass is 10.2. The summed E-state index contributed by atoms with van der Waals surface area (Å²) in [7, 11) is 0. The van der Waals surface area contributed by atoms with Crippen LogP contribution >= 0.6 is 11.8 Å². The Hall–Kier alpha value is -1.81. The zero-order valence-corrected chi connectivity index (χ0v) is 11.6. The van der Waals surface area contributed by atoms with Gasteiger partial charge in [-0.05, 0) is 30.7 Å². The molecule has 1 aromatic heterocycles. The van der Waals surface area contributed by atoms with Gasteiger partial charge in [-0.1, -0.05) is 24.3 Å². The minimum Gasteiger partial charge on any atom is -0.325 e. The van der Waals surface area contributed by atoms with Gasteiger partial charge in [0.25, 0.3) is 0 Å². The molecule has 0 aliphatic heterocycles. The topological polar surface area (TPSA) is 42.0 Å². The number of aromatic nitrogens is 1. The van der Waals surface area contributed by atoms with Gasteiger partial charge in [0.2, 0.25) is 5.91 Å². The number of nitrogens with one attached hydrogen (secondary N) is 1. The van der Waals surface area contributed by atoms with E-state index in [9.17, 15) is 4.79 Å². The Morgan fingerprint density at radius 3 is 2.74 bits per heavy atom. The molecule has 2 aromatic rings. The molecule has 1 N–H and O–H groups in total. The molecule has 1 atom stereocenters. The smallest absolute Gasteiger partial charge is 0.234 e. The minimum atomic E-state index is 0.0203. The molecule has 0 aliphatic carbocycles. The molecule has 19 heavy (non-hydrogen) atoms. The highest BCUT2D eigenvalue weighted by atomic mass is 32.2. The standard InChI is InChI=1S/C15H16N2OS/c1-12(13-6-5-9-16-10-13)19-11-15(18)17-14-7-3-2-4-8-14/h2-10,12H,11H2,1H3,(H,17,18)/t12-/m1/s1. The zero-order chi connectivity index (χ0) is 13.5. The maximum absolute atomic E-state index is 11.8. The van der Waals surface area contributed by atoms with E-state index in [0.29, 0.717) is 5.75 Å². The SMILES string of the molecule is C[C@@H](SCC(=O)Nc1ccccc1)c1cccnc1. The number of amides is 1. The number of rotatable bonds is 5. The third kappa shape index (κ3) is 4.41. The predicted molar refractivity (Wildman–Crippen MR) is 80.2 cm³/mol. The monoisotopic (exact) mass is 272 g/mol. The van der Waals surface area contributed by atoms with Gasteiger partial charge >= 0.3 is 0 Å². The van der Waals surface area contributed by atoms with E-state index < -0.39 is 0 Å². The quantitative estimate of drug-likeness (QED) is 0.905. The number of carbonyl (C=O) groups is 1. The summed E-state index contributed by atoms with van der Waals surface area (Å²) in [6.07, 6.45) is 3.59. The van der Waals surface area contributed by atoms with Gasteiger partial charge in [0, 0.05) is 23.3 Å². The Balaban J connectivity index is 1.81. The molecule has 0 fully saturated rings. The number of anilines is 1. The summed E-state index contributed by atoms with van der Waals surface area (Å²) in [5.41, 5.74) is 1.97. The summed E-state index contributed by atoms with van der Waals surface area (Å²) < 4.78 is 0. The molecule has 0 unspecified atom stereocenters. The van der Waals surface area contributed by atoms with E-state index in [1.54, 1.807) is 18.0 Å². The summed E-state index contributed by atoms with van der Waals surface area (Å²) in [5, 5.41) is 3.13. The van der Waals surface area contributed by atoms with Gasteiger partial charge < -0.3 is 5.32 Å². The number of benzene rings is 1. The third-order valence-electron chi connectivity index (χ3n) is 2.68. The van der Waals surface area contributed by atoms with Crippen molar-refractivity contribution in [3.8, 4) is 0 Å². The Kier molecular flexibility index (Phi) is 4.98. The molecule has 0 aliphatic rings. The fourth-order valence-electron chi connectivity index (χ4n) is 1.63. The van der Waals surface area contributed by atoms with E-state index in [0.717, 1.165) is 11.3 Å². The zero-order valence-electron chi connectivity index (χ0n) is 10.7. The lowest BCUT2D eigenvalue weighted by Gasteiger charge is -2.11. The number of thioether (sulfide) groups is 1. The first-order valence-electron chi connectivity index (χ1n) is 6.12. The number of carbonyl (C=O) groups excluding carboxylic acids is 1. The second-order valence-corrected chi connectivity index (χ2v) is 5.48. The molecule has 98 valence electrons. The number of hydrogen-bond donors (Lipinski definition) is 1. The van der Waals surface area contributed by atoms with Gasteiger partial charge in [-0.25, -0.2) is 0 Å². The fourth-order valence-corrected chi connectivity index (χ4v) is 2.44. The Morgan fingerprint density at radius 2 is 2.05 bits per heavy atom. The maximum atomic E-state index is 11.8. The van der Waals surface area contributed by atoms with Crippen molar-refractivity contribution in [2.75, 3.05) is 11.1 Å².